The Morgan fingerprint density at radius 3 is 2.81 bits per heavy atom. The SMILES string of the molecule is O=C1OC(c2ccc3c(c2)OCO3)C=C1O. The topological polar surface area (TPSA) is 65.0 Å². The number of carbonyl (C=O) groups excluding carboxylic acids is 1. The Morgan fingerprint density at radius 1 is 1.25 bits per heavy atom. The molecule has 0 radical (unpaired) electrons. The van der Waals surface area contributed by atoms with Crippen LogP contribution in [0.5, 0.6) is 11.5 Å². The van der Waals surface area contributed by atoms with Gasteiger partial charge >= 0.3 is 5.97 Å². The highest BCUT2D eigenvalue weighted by atomic mass is 16.7. The van der Waals surface area contributed by atoms with Crippen LogP contribution < -0.4 is 9.47 Å². The third kappa shape index (κ3) is 1.29. The minimum absolute atomic E-state index is 0.199. The lowest BCUT2D eigenvalue weighted by Gasteiger charge is -2.08. The zero-order chi connectivity index (χ0) is 11.1. The van der Waals surface area contributed by atoms with Crippen LogP contribution in [0.1, 0.15) is 11.7 Å². The lowest BCUT2D eigenvalue weighted by Crippen LogP contribution is -2.01. The molecular formula is C11H8O5. The summed E-state index contributed by atoms with van der Waals surface area (Å²) < 4.78 is 15.3. The lowest BCUT2D eigenvalue weighted by atomic mass is 10.1. The molecule has 2 heterocycles. The van der Waals surface area contributed by atoms with E-state index in [0.717, 1.165) is 5.56 Å². The average Bonchev–Trinajstić information content (AvgIpc) is 2.85. The minimum Gasteiger partial charge on any atom is -0.502 e. The molecule has 0 amide bonds. The second kappa shape index (κ2) is 3.16. The first-order valence-electron chi connectivity index (χ1n) is 4.75. The number of hydrogen-bond donors (Lipinski definition) is 1. The number of benzene rings is 1. The van der Waals surface area contributed by atoms with Crippen LogP contribution in [0.15, 0.2) is 30.0 Å². The number of fused-ring (bicyclic) bond motifs is 1. The van der Waals surface area contributed by atoms with Crippen molar-refractivity contribution < 1.29 is 24.1 Å². The molecule has 1 unspecified atom stereocenters. The van der Waals surface area contributed by atoms with Crippen molar-refractivity contribution in [1.82, 2.24) is 0 Å². The first-order valence-corrected chi connectivity index (χ1v) is 4.75. The van der Waals surface area contributed by atoms with Gasteiger partial charge in [0.2, 0.25) is 12.6 Å². The molecule has 0 saturated carbocycles. The predicted octanol–water partition coefficient (Wildman–Crippen LogP) is 1.46. The van der Waals surface area contributed by atoms with Crippen LogP contribution in [-0.4, -0.2) is 17.9 Å². The van der Waals surface area contributed by atoms with Gasteiger partial charge in [0.15, 0.2) is 11.5 Å². The van der Waals surface area contributed by atoms with E-state index in [0.29, 0.717) is 11.5 Å². The molecule has 0 bridgehead atoms. The van der Waals surface area contributed by atoms with Crippen LogP contribution in [0.4, 0.5) is 0 Å². The van der Waals surface area contributed by atoms with Gasteiger partial charge in [0.05, 0.1) is 0 Å². The summed E-state index contributed by atoms with van der Waals surface area (Å²) in [5, 5.41) is 9.15. The highest BCUT2D eigenvalue weighted by Crippen LogP contribution is 2.36. The molecule has 5 heteroatoms. The monoisotopic (exact) mass is 220 g/mol. The number of aliphatic hydroxyl groups excluding tert-OH is 1. The van der Waals surface area contributed by atoms with Gasteiger partial charge in [-0.15, -0.1) is 0 Å². The number of ether oxygens (including phenoxy) is 3. The third-order valence-electron chi connectivity index (χ3n) is 2.48. The molecule has 5 nitrogen and oxygen atoms in total. The van der Waals surface area contributed by atoms with Gasteiger partial charge in [-0.2, -0.15) is 0 Å². The molecule has 82 valence electrons. The van der Waals surface area contributed by atoms with Gasteiger partial charge in [-0.1, -0.05) is 6.07 Å². The van der Waals surface area contributed by atoms with Crippen LogP contribution in [0, 0.1) is 0 Å². The molecular weight excluding hydrogens is 212 g/mol. The Kier molecular flexibility index (Phi) is 1.80. The van der Waals surface area contributed by atoms with Crippen molar-refractivity contribution in [2.24, 2.45) is 0 Å². The molecule has 0 saturated heterocycles. The van der Waals surface area contributed by atoms with Gasteiger partial charge < -0.3 is 19.3 Å². The van der Waals surface area contributed by atoms with E-state index in [-0.39, 0.29) is 12.6 Å². The Labute approximate surface area is 90.9 Å². The Hall–Kier alpha value is -2.17. The average molecular weight is 220 g/mol. The van der Waals surface area contributed by atoms with Crippen LogP contribution in [-0.2, 0) is 9.53 Å². The number of rotatable bonds is 1. The maximum atomic E-state index is 11.0. The summed E-state index contributed by atoms with van der Waals surface area (Å²) in [5.41, 5.74) is 0.738. The number of cyclic esters (lactones) is 1. The number of hydrogen-bond acceptors (Lipinski definition) is 5. The largest absolute Gasteiger partial charge is 0.502 e. The van der Waals surface area contributed by atoms with Gasteiger partial charge in [0, 0.05) is 11.6 Å². The van der Waals surface area contributed by atoms with E-state index in [1.165, 1.54) is 6.08 Å². The Morgan fingerprint density at radius 2 is 2.06 bits per heavy atom. The van der Waals surface area contributed by atoms with Crippen LogP contribution in [0.25, 0.3) is 0 Å². The highest BCUT2D eigenvalue weighted by molar-refractivity contribution is 5.88. The number of aliphatic hydroxyl groups is 1. The van der Waals surface area contributed by atoms with Crippen LogP contribution >= 0.6 is 0 Å². The van der Waals surface area contributed by atoms with Crippen molar-refractivity contribution >= 4 is 5.97 Å². The third-order valence-corrected chi connectivity index (χ3v) is 2.48. The molecule has 3 rings (SSSR count). The Bertz CT molecular complexity index is 491. The fourth-order valence-electron chi connectivity index (χ4n) is 1.68. The van der Waals surface area contributed by atoms with E-state index in [2.05, 4.69) is 0 Å². The van der Waals surface area contributed by atoms with E-state index in [9.17, 15) is 4.79 Å². The summed E-state index contributed by atoms with van der Waals surface area (Å²) in [7, 11) is 0. The first kappa shape index (κ1) is 9.08. The summed E-state index contributed by atoms with van der Waals surface area (Å²) in [5.74, 6) is 0.222. The van der Waals surface area contributed by atoms with Crippen LogP contribution in [0.3, 0.4) is 0 Å². The normalized spacial score (nSPS) is 21.9. The molecule has 0 aromatic heterocycles. The van der Waals surface area contributed by atoms with Gasteiger partial charge in [-0.25, -0.2) is 4.79 Å². The molecule has 1 aromatic rings. The molecule has 1 aromatic carbocycles. The van der Waals surface area contributed by atoms with E-state index in [1.54, 1.807) is 18.2 Å². The van der Waals surface area contributed by atoms with Crippen LogP contribution in [0.2, 0.25) is 0 Å². The van der Waals surface area contributed by atoms with E-state index in [4.69, 9.17) is 19.3 Å². The van der Waals surface area contributed by atoms with E-state index in [1.807, 2.05) is 0 Å². The standard InChI is InChI=1S/C11H8O5/c12-7-4-9(16-11(7)13)6-1-2-8-10(3-6)15-5-14-8/h1-4,9,12H,5H2. The van der Waals surface area contributed by atoms with Crippen molar-refractivity contribution in [2.75, 3.05) is 6.79 Å². The summed E-state index contributed by atoms with van der Waals surface area (Å²) in [6.45, 7) is 0.199. The van der Waals surface area contributed by atoms with Gasteiger partial charge in [0.1, 0.15) is 6.10 Å². The van der Waals surface area contributed by atoms with E-state index >= 15 is 0 Å². The van der Waals surface area contributed by atoms with Crippen molar-refractivity contribution in [1.29, 1.82) is 0 Å². The van der Waals surface area contributed by atoms with Crippen molar-refractivity contribution in [3.05, 3.63) is 35.6 Å². The molecule has 2 aliphatic rings. The first-order chi connectivity index (χ1) is 7.74. The van der Waals surface area contributed by atoms with E-state index < -0.39 is 12.1 Å². The molecule has 0 aliphatic carbocycles. The second-order valence-electron chi connectivity index (χ2n) is 3.49. The van der Waals surface area contributed by atoms with Gasteiger partial charge in [0.25, 0.3) is 0 Å². The molecule has 2 aliphatic heterocycles. The molecule has 0 spiro atoms. The highest BCUT2D eigenvalue weighted by Gasteiger charge is 2.27. The molecule has 1 atom stereocenters. The molecule has 1 N–H and O–H groups in total. The fraction of sp³-hybridized carbons (Fsp3) is 0.182. The zero-order valence-corrected chi connectivity index (χ0v) is 8.17. The predicted molar refractivity (Wildman–Crippen MR) is 52.1 cm³/mol. The lowest BCUT2D eigenvalue weighted by molar-refractivity contribution is -0.142. The summed E-state index contributed by atoms with van der Waals surface area (Å²) in [6.07, 6.45) is 0.807. The number of esters is 1. The minimum atomic E-state index is -0.706. The van der Waals surface area contributed by atoms with Gasteiger partial charge in [-0.05, 0) is 12.1 Å². The zero-order valence-electron chi connectivity index (χ0n) is 8.17. The van der Waals surface area contributed by atoms with Crippen molar-refractivity contribution in [3.8, 4) is 11.5 Å². The van der Waals surface area contributed by atoms with Crippen molar-refractivity contribution in [2.45, 2.75) is 6.10 Å². The maximum Gasteiger partial charge on any atom is 0.374 e. The second-order valence-corrected chi connectivity index (χ2v) is 3.49. The quantitative estimate of drug-likeness (QED) is 0.726. The Balaban J connectivity index is 1.94. The number of carbonyl (C=O) groups is 1. The molecule has 0 fully saturated rings. The summed E-state index contributed by atoms with van der Waals surface area (Å²) in [4.78, 5) is 11.0. The summed E-state index contributed by atoms with van der Waals surface area (Å²) >= 11 is 0. The van der Waals surface area contributed by atoms with Gasteiger partial charge in [-0.3, -0.25) is 0 Å². The fourth-order valence-corrected chi connectivity index (χ4v) is 1.68. The van der Waals surface area contributed by atoms with Crippen molar-refractivity contribution in [3.63, 3.8) is 0 Å². The molecule has 16 heavy (non-hydrogen) atoms. The summed E-state index contributed by atoms with van der Waals surface area (Å²) in [6, 6.07) is 5.24. The smallest absolute Gasteiger partial charge is 0.374 e. The maximum absolute atomic E-state index is 11.0.